The Labute approximate surface area is 95.3 Å². The Bertz CT molecular complexity index is 413. The van der Waals surface area contributed by atoms with Crippen LogP contribution in [0, 0.1) is 0 Å². The van der Waals surface area contributed by atoms with Crippen LogP contribution in [0.2, 0.25) is 0 Å². The van der Waals surface area contributed by atoms with E-state index in [9.17, 15) is 9.90 Å². The van der Waals surface area contributed by atoms with Crippen LogP contribution in [-0.4, -0.2) is 17.4 Å². The third-order valence-electron chi connectivity index (χ3n) is 3.23. The second-order valence-corrected chi connectivity index (χ2v) is 4.29. The molecule has 0 saturated heterocycles. The van der Waals surface area contributed by atoms with Crippen LogP contribution < -0.4 is 5.73 Å². The Balaban J connectivity index is 2.53. The van der Waals surface area contributed by atoms with Crippen LogP contribution in [0.3, 0.4) is 0 Å². The lowest BCUT2D eigenvalue weighted by molar-refractivity contribution is 0.0998. The Morgan fingerprint density at radius 2 is 2.00 bits per heavy atom. The van der Waals surface area contributed by atoms with Crippen molar-refractivity contribution in [3.05, 3.63) is 28.8 Å². The number of ketones is 1. The summed E-state index contributed by atoms with van der Waals surface area (Å²) < 4.78 is 0. The molecule has 0 aromatic heterocycles. The summed E-state index contributed by atoms with van der Waals surface area (Å²) in [4.78, 5) is 11.7. The van der Waals surface area contributed by atoms with Gasteiger partial charge in [-0.1, -0.05) is 12.5 Å². The maximum absolute atomic E-state index is 11.7. The molecule has 3 nitrogen and oxygen atoms in total. The number of phenolic OH excluding ortho intramolecular Hbond substituents is 1. The molecule has 1 aliphatic carbocycles. The SMILES string of the molecule is NCC(=O)c1c(O)ccc2c1CCCCC2. The lowest BCUT2D eigenvalue weighted by atomic mass is 9.94. The Kier molecular flexibility index (Phi) is 3.25. The topological polar surface area (TPSA) is 63.3 Å². The second-order valence-electron chi connectivity index (χ2n) is 4.29. The van der Waals surface area contributed by atoms with Crippen LogP contribution in [0.4, 0.5) is 0 Å². The molecular formula is C13H17NO2. The molecule has 2 rings (SSSR count). The smallest absolute Gasteiger partial charge is 0.180 e. The number of benzene rings is 1. The molecule has 16 heavy (non-hydrogen) atoms. The number of hydrogen-bond donors (Lipinski definition) is 2. The zero-order valence-corrected chi connectivity index (χ0v) is 9.33. The zero-order valence-electron chi connectivity index (χ0n) is 9.33. The molecule has 1 aromatic carbocycles. The van der Waals surface area contributed by atoms with Gasteiger partial charge in [-0.2, -0.15) is 0 Å². The summed E-state index contributed by atoms with van der Waals surface area (Å²) in [6.07, 6.45) is 5.31. The van der Waals surface area contributed by atoms with Crippen LogP contribution in [-0.2, 0) is 12.8 Å². The van der Waals surface area contributed by atoms with Gasteiger partial charge < -0.3 is 10.8 Å². The largest absolute Gasteiger partial charge is 0.507 e. The molecule has 0 fully saturated rings. The van der Waals surface area contributed by atoms with Gasteiger partial charge in [-0.25, -0.2) is 0 Å². The van der Waals surface area contributed by atoms with Crippen LogP contribution in [0.5, 0.6) is 5.75 Å². The monoisotopic (exact) mass is 219 g/mol. The van der Waals surface area contributed by atoms with E-state index in [0.29, 0.717) is 5.56 Å². The van der Waals surface area contributed by atoms with E-state index in [0.717, 1.165) is 31.2 Å². The number of aryl methyl sites for hydroxylation is 1. The minimum Gasteiger partial charge on any atom is -0.507 e. The highest BCUT2D eigenvalue weighted by Gasteiger charge is 2.19. The summed E-state index contributed by atoms with van der Waals surface area (Å²) >= 11 is 0. The van der Waals surface area contributed by atoms with Gasteiger partial charge in [-0.15, -0.1) is 0 Å². The van der Waals surface area contributed by atoms with E-state index in [1.807, 2.05) is 6.07 Å². The van der Waals surface area contributed by atoms with Gasteiger partial charge in [0.25, 0.3) is 0 Å². The van der Waals surface area contributed by atoms with Crippen molar-refractivity contribution in [2.45, 2.75) is 32.1 Å². The van der Waals surface area contributed by atoms with E-state index in [4.69, 9.17) is 5.73 Å². The first-order valence-corrected chi connectivity index (χ1v) is 5.81. The predicted molar refractivity (Wildman–Crippen MR) is 62.8 cm³/mol. The molecule has 1 aromatic rings. The Morgan fingerprint density at radius 1 is 1.25 bits per heavy atom. The highest BCUT2D eigenvalue weighted by Crippen LogP contribution is 2.29. The molecule has 3 N–H and O–H groups in total. The van der Waals surface area contributed by atoms with Crippen molar-refractivity contribution in [3.63, 3.8) is 0 Å². The van der Waals surface area contributed by atoms with Gasteiger partial charge in [0.2, 0.25) is 0 Å². The summed E-state index contributed by atoms with van der Waals surface area (Å²) in [5.41, 5.74) is 8.07. The standard InChI is InChI=1S/C13H17NO2/c14-8-12(16)13-10-5-3-1-2-4-9(10)6-7-11(13)15/h6-7,15H,1-5,8,14H2. The average molecular weight is 219 g/mol. The molecule has 0 spiro atoms. The highest BCUT2D eigenvalue weighted by atomic mass is 16.3. The minimum absolute atomic E-state index is 0.0377. The van der Waals surface area contributed by atoms with E-state index in [2.05, 4.69) is 0 Å². The Hall–Kier alpha value is -1.35. The molecule has 0 amide bonds. The third kappa shape index (κ3) is 1.95. The number of carbonyl (C=O) groups is 1. The molecule has 0 aliphatic heterocycles. The van der Waals surface area contributed by atoms with Crippen molar-refractivity contribution in [1.82, 2.24) is 0 Å². The van der Waals surface area contributed by atoms with Gasteiger partial charge in [-0.05, 0) is 42.9 Å². The molecule has 0 heterocycles. The maximum Gasteiger partial charge on any atom is 0.180 e. The lowest BCUT2D eigenvalue weighted by Gasteiger charge is -2.12. The number of hydrogen-bond acceptors (Lipinski definition) is 3. The summed E-state index contributed by atoms with van der Waals surface area (Å²) in [5, 5.41) is 9.78. The van der Waals surface area contributed by atoms with E-state index < -0.39 is 0 Å². The van der Waals surface area contributed by atoms with Crippen molar-refractivity contribution in [1.29, 1.82) is 0 Å². The van der Waals surface area contributed by atoms with Crippen LogP contribution in [0.25, 0.3) is 0 Å². The van der Waals surface area contributed by atoms with Gasteiger partial charge in [0.05, 0.1) is 12.1 Å². The molecule has 0 bridgehead atoms. The fourth-order valence-corrected chi connectivity index (χ4v) is 2.41. The number of phenols is 1. The van der Waals surface area contributed by atoms with Crippen molar-refractivity contribution in [3.8, 4) is 5.75 Å². The number of rotatable bonds is 2. The first-order valence-electron chi connectivity index (χ1n) is 5.81. The van der Waals surface area contributed by atoms with Gasteiger partial charge >= 0.3 is 0 Å². The first kappa shape index (κ1) is 11.1. The molecule has 0 radical (unpaired) electrons. The summed E-state index contributed by atoms with van der Waals surface area (Å²) in [7, 11) is 0. The third-order valence-corrected chi connectivity index (χ3v) is 3.23. The van der Waals surface area contributed by atoms with Crippen molar-refractivity contribution in [2.75, 3.05) is 6.54 Å². The number of carbonyl (C=O) groups excluding carboxylic acids is 1. The Morgan fingerprint density at radius 3 is 2.75 bits per heavy atom. The maximum atomic E-state index is 11.7. The van der Waals surface area contributed by atoms with Crippen molar-refractivity contribution >= 4 is 5.78 Å². The fourth-order valence-electron chi connectivity index (χ4n) is 2.41. The summed E-state index contributed by atoms with van der Waals surface area (Å²) in [6, 6.07) is 3.55. The lowest BCUT2D eigenvalue weighted by Crippen LogP contribution is -2.16. The molecule has 3 heteroatoms. The zero-order chi connectivity index (χ0) is 11.5. The average Bonchev–Trinajstić information content (AvgIpc) is 2.53. The number of fused-ring (bicyclic) bond motifs is 1. The van der Waals surface area contributed by atoms with Gasteiger partial charge in [0.15, 0.2) is 5.78 Å². The van der Waals surface area contributed by atoms with Crippen LogP contribution in [0.1, 0.15) is 40.7 Å². The summed E-state index contributed by atoms with van der Waals surface area (Å²) in [5.74, 6) is -0.0765. The van der Waals surface area contributed by atoms with Crippen LogP contribution in [0.15, 0.2) is 12.1 Å². The highest BCUT2D eigenvalue weighted by molar-refractivity contribution is 6.01. The van der Waals surface area contributed by atoms with E-state index >= 15 is 0 Å². The normalized spacial score (nSPS) is 15.3. The summed E-state index contributed by atoms with van der Waals surface area (Å²) in [6.45, 7) is -0.0377. The molecular weight excluding hydrogens is 202 g/mol. The molecule has 0 saturated carbocycles. The quantitative estimate of drug-likeness (QED) is 0.589. The van der Waals surface area contributed by atoms with E-state index in [1.54, 1.807) is 6.07 Å². The second kappa shape index (κ2) is 4.66. The minimum atomic E-state index is -0.156. The predicted octanol–water partition coefficient (Wildman–Crippen LogP) is 1.80. The number of aromatic hydroxyl groups is 1. The van der Waals surface area contributed by atoms with E-state index in [1.165, 1.54) is 12.0 Å². The first-order chi connectivity index (χ1) is 7.74. The van der Waals surface area contributed by atoms with Crippen molar-refractivity contribution < 1.29 is 9.90 Å². The molecule has 0 unspecified atom stereocenters. The van der Waals surface area contributed by atoms with Gasteiger partial charge in [0.1, 0.15) is 5.75 Å². The molecule has 0 atom stereocenters. The van der Waals surface area contributed by atoms with Gasteiger partial charge in [-0.3, -0.25) is 4.79 Å². The van der Waals surface area contributed by atoms with Gasteiger partial charge in [0, 0.05) is 0 Å². The van der Waals surface area contributed by atoms with E-state index in [-0.39, 0.29) is 18.1 Å². The molecule has 86 valence electrons. The number of nitrogens with two attached hydrogens (primary N) is 1. The number of Topliss-reactive ketones (excluding diaryl/α,β-unsaturated/α-hetero) is 1. The van der Waals surface area contributed by atoms with Crippen molar-refractivity contribution in [2.24, 2.45) is 5.73 Å². The van der Waals surface area contributed by atoms with Crippen LogP contribution >= 0.6 is 0 Å². The fraction of sp³-hybridized carbons (Fsp3) is 0.462. The molecule has 1 aliphatic rings.